The van der Waals surface area contributed by atoms with Gasteiger partial charge in [0.25, 0.3) is 0 Å². The third kappa shape index (κ3) is 1.64. The molecule has 4 nitrogen and oxygen atoms in total. The molecular formula is C9H9NO3. The lowest BCUT2D eigenvalue weighted by molar-refractivity contribution is 0.350. The quantitative estimate of drug-likeness (QED) is 0.742. The number of rotatable bonds is 2. The third-order valence-corrected chi connectivity index (χ3v) is 1.58. The molecule has 0 fully saturated rings. The Morgan fingerprint density at radius 2 is 2.00 bits per heavy atom. The fraction of sp³-hybridized carbons (Fsp3) is 0.222. The highest BCUT2D eigenvalue weighted by Crippen LogP contribution is 2.34. The first-order chi connectivity index (χ1) is 6.22. The summed E-state index contributed by atoms with van der Waals surface area (Å²) < 4.78 is 9.88. The van der Waals surface area contributed by atoms with Crippen LogP contribution in [0.15, 0.2) is 12.1 Å². The fourth-order valence-corrected chi connectivity index (χ4v) is 1.03. The molecule has 0 aliphatic carbocycles. The van der Waals surface area contributed by atoms with E-state index in [1.54, 1.807) is 0 Å². The van der Waals surface area contributed by atoms with E-state index in [0.717, 1.165) is 0 Å². The van der Waals surface area contributed by atoms with Gasteiger partial charge in [0.15, 0.2) is 11.5 Å². The Labute approximate surface area is 75.9 Å². The fourth-order valence-electron chi connectivity index (χ4n) is 1.03. The first-order valence-corrected chi connectivity index (χ1v) is 3.58. The number of methoxy groups -OCH3 is 2. The van der Waals surface area contributed by atoms with Crippen LogP contribution in [0.4, 0.5) is 0 Å². The normalized spacial score (nSPS) is 9.00. The van der Waals surface area contributed by atoms with Crippen molar-refractivity contribution >= 4 is 0 Å². The van der Waals surface area contributed by atoms with Crippen molar-refractivity contribution in [3.63, 3.8) is 0 Å². The molecule has 0 aliphatic heterocycles. The zero-order chi connectivity index (χ0) is 9.84. The second kappa shape index (κ2) is 3.68. The van der Waals surface area contributed by atoms with Gasteiger partial charge in [0, 0.05) is 12.1 Å². The molecule has 0 spiro atoms. The molecule has 0 heterocycles. The lowest BCUT2D eigenvalue weighted by atomic mass is 10.2. The second-order valence-corrected chi connectivity index (χ2v) is 2.34. The third-order valence-electron chi connectivity index (χ3n) is 1.58. The van der Waals surface area contributed by atoms with Gasteiger partial charge in [-0.15, -0.1) is 0 Å². The van der Waals surface area contributed by atoms with Crippen molar-refractivity contribution in [2.24, 2.45) is 0 Å². The Bertz CT molecular complexity index is 355. The van der Waals surface area contributed by atoms with E-state index >= 15 is 0 Å². The van der Waals surface area contributed by atoms with Crippen LogP contribution in [0.5, 0.6) is 17.2 Å². The minimum Gasteiger partial charge on any atom is -0.508 e. The van der Waals surface area contributed by atoms with E-state index in [2.05, 4.69) is 0 Å². The van der Waals surface area contributed by atoms with E-state index in [-0.39, 0.29) is 11.3 Å². The topological polar surface area (TPSA) is 62.5 Å². The molecule has 0 amide bonds. The number of nitrogens with zero attached hydrogens (tertiary/aromatic N) is 1. The number of nitriles is 1. The summed E-state index contributed by atoms with van der Waals surface area (Å²) in [6.45, 7) is 0. The van der Waals surface area contributed by atoms with Crippen molar-refractivity contribution in [2.75, 3.05) is 14.2 Å². The molecule has 1 aromatic rings. The minimum atomic E-state index is -0.0193. The van der Waals surface area contributed by atoms with Crippen LogP contribution >= 0.6 is 0 Å². The number of ether oxygens (including phenoxy) is 2. The van der Waals surface area contributed by atoms with Gasteiger partial charge >= 0.3 is 0 Å². The first kappa shape index (κ1) is 9.20. The zero-order valence-corrected chi connectivity index (χ0v) is 7.37. The highest BCUT2D eigenvalue weighted by atomic mass is 16.5. The predicted molar refractivity (Wildman–Crippen MR) is 45.9 cm³/mol. The van der Waals surface area contributed by atoms with E-state index in [4.69, 9.17) is 14.7 Å². The number of phenolic OH excluding ortho intramolecular Hbond substituents is 1. The van der Waals surface area contributed by atoms with E-state index in [1.165, 1.54) is 26.4 Å². The molecule has 4 heteroatoms. The SMILES string of the molecule is COc1cc(O)cc(C#N)c1OC. The van der Waals surface area contributed by atoms with Crippen LogP contribution in [0.25, 0.3) is 0 Å². The summed E-state index contributed by atoms with van der Waals surface area (Å²) in [4.78, 5) is 0. The molecule has 0 unspecified atom stereocenters. The van der Waals surface area contributed by atoms with Gasteiger partial charge in [-0.05, 0) is 0 Å². The van der Waals surface area contributed by atoms with Gasteiger partial charge in [-0.25, -0.2) is 0 Å². The summed E-state index contributed by atoms with van der Waals surface area (Å²) in [7, 11) is 2.88. The van der Waals surface area contributed by atoms with Crippen molar-refractivity contribution in [1.29, 1.82) is 5.26 Å². The van der Waals surface area contributed by atoms with E-state index in [9.17, 15) is 5.11 Å². The predicted octanol–water partition coefficient (Wildman–Crippen LogP) is 1.28. The standard InChI is InChI=1S/C9H9NO3/c1-12-8-4-7(11)3-6(5-10)9(8)13-2/h3-4,11H,1-2H3. The highest BCUT2D eigenvalue weighted by Gasteiger charge is 2.11. The van der Waals surface area contributed by atoms with Crippen LogP contribution in [0.3, 0.4) is 0 Å². The van der Waals surface area contributed by atoms with Crippen LogP contribution in [0.1, 0.15) is 5.56 Å². The van der Waals surface area contributed by atoms with E-state index in [1.807, 2.05) is 6.07 Å². The molecule has 1 aromatic carbocycles. The number of benzene rings is 1. The van der Waals surface area contributed by atoms with Crippen molar-refractivity contribution < 1.29 is 14.6 Å². The minimum absolute atomic E-state index is 0.0193. The number of hydrogen-bond donors (Lipinski definition) is 1. The largest absolute Gasteiger partial charge is 0.508 e. The lowest BCUT2D eigenvalue weighted by Gasteiger charge is -2.08. The molecule has 68 valence electrons. The van der Waals surface area contributed by atoms with Gasteiger partial charge in [0.05, 0.1) is 14.2 Å². The van der Waals surface area contributed by atoms with Crippen molar-refractivity contribution in [1.82, 2.24) is 0 Å². The molecular weight excluding hydrogens is 170 g/mol. The van der Waals surface area contributed by atoms with Gasteiger partial charge in [-0.1, -0.05) is 0 Å². The zero-order valence-electron chi connectivity index (χ0n) is 7.37. The van der Waals surface area contributed by atoms with Gasteiger partial charge in [0.2, 0.25) is 0 Å². The van der Waals surface area contributed by atoms with E-state index in [0.29, 0.717) is 11.5 Å². The molecule has 0 aliphatic rings. The molecule has 13 heavy (non-hydrogen) atoms. The molecule has 0 radical (unpaired) electrons. The summed E-state index contributed by atoms with van der Waals surface area (Å²) >= 11 is 0. The summed E-state index contributed by atoms with van der Waals surface area (Å²) in [5.41, 5.74) is 0.249. The second-order valence-electron chi connectivity index (χ2n) is 2.34. The van der Waals surface area contributed by atoms with Gasteiger partial charge in [-0.3, -0.25) is 0 Å². The Morgan fingerprint density at radius 3 is 2.46 bits per heavy atom. The van der Waals surface area contributed by atoms with Gasteiger partial charge in [-0.2, -0.15) is 5.26 Å². The van der Waals surface area contributed by atoms with Crippen LogP contribution in [-0.2, 0) is 0 Å². The molecule has 0 aromatic heterocycles. The number of hydrogen-bond acceptors (Lipinski definition) is 4. The van der Waals surface area contributed by atoms with Crippen LogP contribution in [0.2, 0.25) is 0 Å². The van der Waals surface area contributed by atoms with Gasteiger partial charge in [0.1, 0.15) is 17.4 Å². The molecule has 0 saturated carbocycles. The van der Waals surface area contributed by atoms with Crippen LogP contribution in [0, 0.1) is 11.3 Å². The Morgan fingerprint density at radius 1 is 1.31 bits per heavy atom. The summed E-state index contributed by atoms with van der Waals surface area (Å²) in [5.74, 6) is 0.663. The Balaban J connectivity index is 3.36. The lowest BCUT2D eigenvalue weighted by Crippen LogP contribution is -1.93. The van der Waals surface area contributed by atoms with Gasteiger partial charge < -0.3 is 14.6 Å². The Hall–Kier alpha value is -1.89. The molecule has 0 atom stereocenters. The maximum absolute atomic E-state index is 9.19. The Kier molecular flexibility index (Phi) is 2.60. The summed E-state index contributed by atoms with van der Waals surface area (Å²) in [5, 5.41) is 17.9. The van der Waals surface area contributed by atoms with Crippen LogP contribution in [-0.4, -0.2) is 19.3 Å². The number of phenols is 1. The van der Waals surface area contributed by atoms with E-state index < -0.39 is 0 Å². The first-order valence-electron chi connectivity index (χ1n) is 3.58. The maximum Gasteiger partial charge on any atom is 0.178 e. The van der Waals surface area contributed by atoms with Crippen LogP contribution < -0.4 is 9.47 Å². The highest BCUT2D eigenvalue weighted by molar-refractivity contribution is 5.56. The molecule has 1 rings (SSSR count). The average molecular weight is 179 g/mol. The monoisotopic (exact) mass is 179 g/mol. The van der Waals surface area contributed by atoms with Crippen molar-refractivity contribution in [3.8, 4) is 23.3 Å². The maximum atomic E-state index is 9.19. The van der Waals surface area contributed by atoms with Crippen molar-refractivity contribution in [3.05, 3.63) is 17.7 Å². The molecule has 0 saturated heterocycles. The average Bonchev–Trinajstić information content (AvgIpc) is 2.16. The smallest absolute Gasteiger partial charge is 0.178 e. The molecule has 1 N–H and O–H groups in total. The number of aromatic hydroxyl groups is 1. The molecule has 0 bridgehead atoms. The van der Waals surface area contributed by atoms with Crippen molar-refractivity contribution in [2.45, 2.75) is 0 Å². The summed E-state index contributed by atoms with van der Waals surface area (Å²) in [6.07, 6.45) is 0. The summed E-state index contributed by atoms with van der Waals surface area (Å²) in [6, 6.07) is 4.61.